The molecule has 0 aliphatic rings. The summed E-state index contributed by atoms with van der Waals surface area (Å²) in [5, 5.41) is 3.22. The lowest BCUT2D eigenvalue weighted by Crippen LogP contribution is -2.00. The fourth-order valence-electron chi connectivity index (χ4n) is 1.62. The monoisotopic (exact) mass is 228 g/mol. The van der Waals surface area contributed by atoms with Gasteiger partial charge >= 0.3 is 0 Å². The summed E-state index contributed by atoms with van der Waals surface area (Å²) in [5.74, 6) is 0.755. The largest absolute Gasteiger partial charge is 0.398 e. The smallest absolute Gasteiger partial charge is 0.130 e. The number of rotatable bonds is 2. The van der Waals surface area contributed by atoms with E-state index >= 15 is 0 Å². The Morgan fingerprint density at radius 1 is 1.06 bits per heavy atom. The van der Waals surface area contributed by atoms with Crippen LogP contribution in [0.15, 0.2) is 30.5 Å². The summed E-state index contributed by atoms with van der Waals surface area (Å²) in [6, 6.07) is 7.63. The van der Waals surface area contributed by atoms with Gasteiger partial charge in [-0.1, -0.05) is 6.07 Å². The van der Waals surface area contributed by atoms with Gasteiger partial charge < -0.3 is 16.8 Å². The summed E-state index contributed by atoms with van der Waals surface area (Å²) in [4.78, 5) is 4.19. The van der Waals surface area contributed by atoms with Gasteiger partial charge in [-0.3, -0.25) is 0 Å². The maximum Gasteiger partial charge on any atom is 0.130 e. The van der Waals surface area contributed by atoms with Crippen molar-refractivity contribution < 1.29 is 0 Å². The van der Waals surface area contributed by atoms with Crippen molar-refractivity contribution in [2.45, 2.75) is 13.8 Å². The van der Waals surface area contributed by atoms with Gasteiger partial charge in [0.05, 0.1) is 11.9 Å². The first-order valence-corrected chi connectivity index (χ1v) is 5.42. The minimum Gasteiger partial charge on any atom is -0.398 e. The van der Waals surface area contributed by atoms with Gasteiger partial charge in [0.25, 0.3) is 0 Å². The molecule has 1 aromatic heterocycles. The van der Waals surface area contributed by atoms with E-state index in [-0.39, 0.29) is 0 Å². The molecule has 1 heterocycles. The highest BCUT2D eigenvalue weighted by Gasteiger charge is 2.04. The average Bonchev–Trinajstić information content (AvgIpc) is 2.33. The van der Waals surface area contributed by atoms with Crippen LogP contribution in [0, 0.1) is 13.8 Å². The molecule has 0 saturated heterocycles. The highest BCUT2D eigenvalue weighted by atomic mass is 15.0. The van der Waals surface area contributed by atoms with E-state index in [1.807, 2.05) is 38.1 Å². The van der Waals surface area contributed by atoms with Crippen LogP contribution in [-0.4, -0.2) is 4.98 Å². The minimum absolute atomic E-state index is 0.649. The number of benzene rings is 1. The van der Waals surface area contributed by atoms with E-state index in [1.54, 1.807) is 6.20 Å². The van der Waals surface area contributed by atoms with Gasteiger partial charge in [-0.15, -0.1) is 0 Å². The molecule has 0 radical (unpaired) electrons. The van der Waals surface area contributed by atoms with Gasteiger partial charge in [0.15, 0.2) is 0 Å². The predicted molar refractivity (Wildman–Crippen MR) is 72.3 cm³/mol. The number of aryl methyl sites for hydroxylation is 1. The molecule has 2 rings (SSSR count). The number of nitrogens with zero attached hydrogens (tertiary/aromatic N) is 1. The van der Waals surface area contributed by atoms with Crippen LogP contribution in [0.1, 0.15) is 11.1 Å². The fourth-order valence-corrected chi connectivity index (χ4v) is 1.62. The van der Waals surface area contributed by atoms with Crippen LogP contribution < -0.4 is 16.8 Å². The van der Waals surface area contributed by atoms with Crippen molar-refractivity contribution in [2.75, 3.05) is 16.8 Å². The fraction of sp³-hybridized carbons (Fsp3) is 0.154. The third-order valence-corrected chi connectivity index (χ3v) is 2.78. The van der Waals surface area contributed by atoms with Crippen molar-refractivity contribution in [3.05, 3.63) is 41.6 Å². The molecule has 5 N–H and O–H groups in total. The van der Waals surface area contributed by atoms with Gasteiger partial charge in [-0.2, -0.15) is 0 Å². The Balaban J connectivity index is 2.30. The SMILES string of the molecule is Cc1ccc(Nc2ccc(N)cn2)c(C)c1N. The van der Waals surface area contributed by atoms with Crippen molar-refractivity contribution in [1.82, 2.24) is 4.98 Å². The molecule has 0 bridgehead atoms. The predicted octanol–water partition coefficient (Wildman–Crippen LogP) is 2.61. The van der Waals surface area contributed by atoms with Crippen LogP contribution >= 0.6 is 0 Å². The van der Waals surface area contributed by atoms with Crippen LogP contribution in [0.25, 0.3) is 0 Å². The van der Waals surface area contributed by atoms with Crippen LogP contribution in [0.5, 0.6) is 0 Å². The highest BCUT2D eigenvalue weighted by Crippen LogP contribution is 2.26. The quantitative estimate of drug-likeness (QED) is 0.690. The lowest BCUT2D eigenvalue weighted by molar-refractivity contribution is 1.29. The summed E-state index contributed by atoms with van der Waals surface area (Å²) in [6.45, 7) is 3.98. The number of hydrogen-bond donors (Lipinski definition) is 3. The Morgan fingerprint density at radius 2 is 1.82 bits per heavy atom. The van der Waals surface area contributed by atoms with Crippen LogP contribution in [0.4, 0.5) is 22.9 Å². The Bertz CT molecular complexity index is 532. The zero-order valence-electron chi connectivity index (χ0n) is 9.99. The maximum atomic E-state index is 5.98. The molecule has 0 saturated carbocycles. The molecule has 0 amide bonds. The molecular weight excluding hydrogens is 212 g/mol. The van der Waals surface area contributed by atoms with Crippen molar-refractivity contribution in [3.63, 3.8) is 0 Å². The van der Waals surface area contributed by atoms with Gasteiger partial charge in [-0.05, 0) is 43.2 Å². The minimum atomic E-state index is 0.649. The van der Waals surface area contributed by atoms with Crippen molar-refractivity contribution in [3.8, 4) is 0 Å². The molecule has 0 aliphatic carbocycles. The summed E-state index contributed by atoms with van der Waals surface area (Å²) >= 11 is 0. The van der Waals surface area contributed by atoms with E-state index in [9.17, 15) is 0 Å². The second-order valence-electron chi connectivity index (χ2n) is 4.07. The third-order valence-electron chi connectivity index (χ3n) is 2.78. The van der Waals surface area contributed by atoms with Crippen molar-refractivity contribution >= 4 is 22.9 Å². The average molecular weight is 228 g/mol. The first-order chi connectivity index (χ1) is 8.08. The zero-order valence-corrected chi connectivity index (χ0v) is 9.99. The summed E-state index contributed by atoms with van der Waals surface area (Å²) in [6.07, 6.45) is 1.62. The number of pyridine rings is 1. The molecule has 17 heavy (non-hydrogen) atoms. The Kier molecular flexibility index (Phi) is 2.87. The van der Waals surface area contributed by atoms with E-state index < -0.39 is 0 Å². The second-order valence-corrected chi connectivity index (χ2v) is 4.07. The number of nitrogens with one attached hydrogen (secondary N) is 1. The van der Waals surface area contributed by atoms with Gasteiger partial charge in [0, 0.05) is 11.4 Å². The Labute approximate surface area is 101 Å². The molecule has 4 heteroatoms. The molecule has 0 spiro atoms. The second kappa shape index (κ2) is 4.33. The van der Waals surface area contributed by atoms with Gasteiger partial charge in [0.1, 0.15) is 5.82 Å². The number of aromatic nitrogens is 1. The van der Waals surface area contributed by atoms with Crippen LogP contribution in [0.3, 0.4) is 0 Å². The van der Waals surface area contributed by atoms with Gasteiger partial charge in [0.2, 0.25) is 0 Å². The van der Waals surface area contributed by atoms with E-state index in [0.717, 1.165) is 28.3 Å². The maximum absolute atomic E-state index is 5.98. The van der Waals surface area contributed by atoms with Crippen molar-refractivity contribution in [2.24, 2.45) is 0 Å². The zero-order chi connectivity index (χ0) is 12.4. The standard InChI is InChI=1S/C13H16N4/c1-8-3-5-11(9(2)13(8)15)17-12-6-4-10(14)7-16-12/h3-7H,14-15H2,1-2H3,(H,16,17). The lowest BCUT2D eigenvalue weighted by atomic mass is 10.1. The first kappa shape index (κ1) is 11.3. The number of hydrogen-bond acceptors (Lipinski definition) is 4. The van der Waals surface area contributed by atoms with E-state index in [1.165, 1.54) is 0 Å². The lowest BCUT2D eigenvalue weighted by Gasteiger charge is -2.12. The molecule has 2 aromatic rings. The number of nitrogens with two attached hydrogens (primary N) is 2. The molecular formula is C13H16N4. The van der Waals surface area contributed by atoms with Crippen molar-refractivity contribution in [1.29, 1.82) is 0 Å². The van der Waals surface area contributed by atoms with E-state index in [4.69, 9.17) is 11.5 Å². The summed E-state index contributed by atoms with van der Waals surface area (Å²) in [7, 11) is 0. The summed E-state index contributed by atoms with van der Waals surface area (Å²) in [5.41, 5.74) is 16.1. The third kappa shape index (κ3) is 2.30. The van der Waals surface area contributed by atoms with Gasteiger partial charge in [-0.25, -0.2) is 4.98 Å². The number of anilines is 4. The molecule has 0 unspecified atom stereocenters. The van der Waals surface area contributed by atoms with E-state index in [0.29, 0.717) is 5.69 Å². The topological polar surface area (TPSA) is 77.0 Å². The molecule has 1 aromatic carbocycles. The van der Waals surface area contributed by atoms with Crippen LogP contribution in [0.2, 0.25) is 0 Å². The molecule has 0 atom stereocenters. The van der Waals surface area contributed by atoms with E-state index in [2.05, 4.69) is 10.3 Å². The molecule has 4 nitrogen and oxygen atoms in total. The number of nitrogen functional groups attached to an aromatic ring is 2. The Morgan fingerprint density at radius 3 is 2.47 bits per heavy atom. The highest BCUT2D eigenvalue weighted by molar-refractivity contribution is 5.70. The van der Waals surface area contributed by atoms with Crippen LogP contribution in [-0.2, 0) is 0 Å². The first-order valence-electron chi connectivity index (χ1n) is 5.42. The Hall–Kier alpha value is -2.23. The molecule has 0 aliphatic heterocycles. The molecule has 88 valence electrons. The normalized spacial score (nSPS) is 10.2. The summed E-state index contributed by atoms with van der Waals surface area (Å²) < 4.78 is 0. The molecule has 0 fully saturated rings.